The Bertz CT molecular complexity index is 517. The Morgan fingerprint density at radius 1 is 1.33 bits per heavy atom. The summed E-state index contributed by atoms with van der Waals surface area (Å²) in [5.41, 5.74) is 8.87. The van der Waals surface area contributed by atoms with Crippen LogP contribution in [-0.2, 0) is 11.2 Å². The molecule has 1 amide bonds. The fourth-order valence-corrected chi connectivity index (χ4v) is 1.72. The van der Waals surface area contributed by atoms with E-state index < -0.39 is 0 Å². The van der Waals surface area contributed by atoms with E-state index in [0.717, 1.165) is 16.9 Å². The summed E-state index contributed by atoms with van der Waals surface area (Å²) in [7, 11) is 0. The quantitative estimate of drug-likeness (QED) is 0.809. The Morgan fingerprint density at radius 2 is 2.17 bits per heavy atom. The molecule has 0 saturated heterocycles. The zero-order valence-electron chi connectivity index (χ0n) is 10.2. The third-order valence-electron chi connectivity index (χ3n) is 2.50. The van der Waals surface area contributed by atoms with Crippen molar-refractivity contribution >= 4 is 17.3 Å². The average molecular weight is 241 g/mol. The lowest BCUT2D eigenvalue weighted by molar-refractivity contribution is -0.115. The summed E-state index contributed by atoms with van der Waals surface area (Å²) in [5, 5.41) is 2.83. The Morgan fingerprint density at radius 3 is 2.89 bits per heavy atom. The van der Waals surface area contributed by atoms with Gasteiger partial charge in [0.15, 0.2) is 0 Å². The third-order valence-corrected chi connectivity index (χ3v) is 2.50. The smallest absolute Gasteiger partial charge is 0.228 e. The molecule has 0 aliphatic heterocycles. The van der Waals surface area contributed by atoms with E-state index in [-0.39, 0.29) is 5.91 Å². The highest BCUT2D eigenvalue weighted by Gasteiger charge is 2.04. The summed E-state index contributed by atoms with van der Waals surface area (Å²) in [6.07, 6.45) is 1.98. The van der Waals surface area contributed by atoms with Gasteiger partial charge in [-0.2, -0.15) is 0 Å². The molecule has 4 nitrogen and oxygen atoms in total. The molecule has 4 heteroatoms. The molecule has 1 aromatic heterocycles. The van der Waals surface area contributed by atoms with Crippen LogP contribution in [0, 0.1) is 6.92 Å². The summed E-state index contributed by atoms with van der Waals surface area (Å²) in [6, 6.07) is 10.9. The van der Waals surface area contributed by atoms with Crippen molar-refractivity contribution < 1.29 is 4.79 Å². The zero-order chi connectivity index (χ0) is 13.0. The maximum atomic E-state index is 11.8. The van der Waals surface area contributed by atoms with Gasteiger partial charge >= 0.3 is 0 Å². The van der Waals surface area contributed by atoms with Gasteiger partial charge in [-0.1, -0.05) is 12.1 Å². The average Bonchev–Trinajstić information content (AvgIpc) is 2.28. The minimum atomic E-state index is -0.0637. The van der Waals surface area contributed by atoms with E-state index in [1.54, 1.807) is 24.4 Å². The molecule has 0 fully saturated rings. The van der Waals surface area contributed by atoms with E-state index in [2.05, 4.69) is 10.3 Å². The van der Waals surface area contributed by atoms with Crippen molar-refractivity contribution in [3.63, 3.8) is 0 Å². The first kappa shape index (κ1) is 12.1. The number of nitrogens with one attached hydrogen (secondary N) is 1. The number of anilines is 2. The van der Waals surface area contributed by atoms with Crippen LogP contribution in [0.5, 0.6) is 0 Å². The highest BCUT2D eigenvalue weighted by Crippen LogP contribution is 2.10. The second kappa shape index (κ2) is 5.31. The van der Waals surface area contributed by atoms with Crippen LogP contribution in [0.1, 0.15) is 11.3 Å². The molecule has 92 valence electrons. The predicted molar refractivity (Wildman–Crippen MR) is 72.2 cm³/mol. The van der Waals surface area contributed by atoms with Gasteiger partial charge in [-0.25, -0.2) is 0 Å². The number of amides is 1. The topological polar surface area (TPSA) is 68.0 Å². The number of hydrogen-bond acceptors (Lipinski definition) is 3. The lowest BCUT2D eigenvalue weighted by atomic mass is 10.1. The number of hydrogen-bond donors (Lipinski definition) is 2. The number of pyridine rings is 1. The predicted octanol–water partition coefficient (Wildman–Crippen LogP) is 2.15. The van der Waals surface area contributed by atoms with Gasteiger partial charge < -0.3 is 11.1 Å². The van der Waals surface area contributed by atoms with Gasteiger partial charge in [-0.05, 0) is 36.8 Å². The van der Waals surface area contributed by atoms with E-state index in [9.17, 15) is 4.79 Å². The number of carbonyl (C=O) groups excluding carboxylic acids is 1. The second-order valence-electron chi connectivity index (χ2n) is 4.16. The Kier molecular flexibility index (Phi) is 3.57. The molecular weight excluding hydrogens is 226 g/mol. The van der Waals surface area contributed by atoms with Gasteiger partial charge in [-0.3, -0.25) is 9.78 Å². The number of aryl methyl sites for hydroxylation is 1. The maximum Gasteiger partial charge on any atom is 0.228 e. The number of nitrogen functional groups attached to an aromatic ring is 1. The second-order valence-corrected chi connectivity index (χ2v) is 4.16. The molecule has 2 rings (SSSR count). The van der Waals surface area contributed by atoms with Gasteiger partial charge in [-0.15, -0.1) is 0 Å². The number of aromatic nitrogens is 1. The maximum absolute atomic E-state index is 11.8. The fraction of sp³-hybridized carbons (Fsp3) is 0.143. The molecule has 0 atom stereocenters. The molecule has 18 heavy (non-hydrogen) atoms. The number of benzene rings is 1. The molecule has 0 radical (unpaired) electrons. The lowest BCUT2D eigenvalue weighted by Gasteiger charge is -2.06. The number of rotatable bonds is 3. The molecule has 0 spiro atoms. The fourth-order valence-electron chi connectivity index (χ4n) is 1.72. The normalized spacial score (nSPS) is 10.1. The van der Waals surface area contributed by atoms with Crippen molar-refractivity contribution in [1.82, 2.24) is 4.98 Å². The molecule has 0 bridgehead atoms. The van der Waals surface area contributed by atoms with E-state index in [1.807, 2.05) is 25.1 Å². The Balaban J connectivity index is 2.01. The molecule has 1 aromatic carbocycles. The number of nitrogens with two attached hydrogens (primary N) is 1. The molecular formula is C14H15N3O. The van der Waals surface area contributed by atoms with Crippen molar-refractivity contribution in [2.24, 2.45) is 0 Å². The van der Waals surface area contributed by atoms with Crippen molar-refractivity contribution in [3.05, 3.63) is 53.9 Å². The first-order chi connectivity index (χ1) is 8.63. The van der Waals surface area contributed by atoms with Crippen LogP contribution >= 0.6 is 0 Å². The first-order valence-electron chi connectivity index (χ1n) is 5.70. The van der Waals surface area contributed by atoms with Crippen LogP contribution in [-0.4, -0.2) is 10.9 Å². The number of nitrogens with zero attached hydrogens (tertiary/aromatic N) is 1. The van der Waals surface area contributed by atoms with Crippen LogP contribution in [0.2, 0.25) is 0 Å². The minimum Gasteiger partial charge on any atom is -0.399 e. The standard InChI is InChI=1S/C14H15N3O/c1-10-7-13(5-6-16-10)17-14(18)9-11-3-2-4-12(15)8-11/h2-8H,9,15H2,1H3,(H,16,17,18). The Labute approximate surface area is 106 Å². The minimum absolute atomic E-state index is 0.0637. The zero-order valence-corrected chi connectivity index (χ0v) is 10.2. The van der Waals surface area contributed by atoms with Crippen LogP contribution in [0.3, 0.4) is 0 Å². The summed E-state index contributed by atoms with van der Waals surface area (Å²) in [5.74, 6) is -0.0637. The van der Waals surface area contributed by atoms with Crippen LogP contribution in [0.4, 0.5) is 11.4 Å². The van der Waals surface area contributed by atoms with E-state index in [1.165, 1.54) is 0 Å². The molecule has 0 unspecified atom stereocenters. The third kappa shape index (κ3) is 3.31. The molecule has 3 N–H and O–H groups in total. The molecule has 0 saturated carbocycles. The summed E-state index contributed by atoms with van der Waals surface area (Å²) >= 11 is 0. The molecule has 0 aliphatic carbocycles. The van der Waals surface area contributed by atoms with Gasteiger partial charge in [0.1, 0.15) is 0 Å². The van der Waals surface area contributed by atoms with Crippen LogP contribution < -0.4 is 11.1 Å². The van der Waals surface area contributed by atoms with Crippen molar-refractivity contribution in [2.45, 2.75) is 13.3 Å². The van der Waals surface area contributed by atoms with E-state index >= 15 is 0 Å². The summed E-state index contributed by atoms with van der Waals surface area (Å²) in [6.45, 7) is 1.88. The lowest BCUT2D eigenvalue weighted by Crippen LogP contribution is -2.14. The van der Waals surface area contributed by atoms with E-state index in [0.29, 0.717) is 12.1 Å². The van der Waals surface area contributed by atoms with Crippen molar-refractivity contribution in [3.8, 4) is 0 Å². The molecule has 0 aliphatic rings. The highest BCUT2D eigenvalue weighted by atomic mass is 16.1. The largest absolute Gasteiger partial charge is 0.399 e. The van der Waals surface area contributed by atoms with Crippen molar-refractivity contribution in [1.29, 1.82) is 0 Å². The Hall–Kier alpha value is -2.36. The molecule has 1 heterocycles. The van der Waals surface area contributed by atoms with E-state index in [4.69, 9.17) is 5.73 Å². The summed E-state index contributed by atoms with van der Waals surface area (Å²) in [4.78, 5) is 15.9. The SMILES string of the molecule is Cc1cc(NC(=O)Cc2cccc(N)c2)ccn1. The van der Waals surface area contributed by atoms with Crippen molar-refractivity contribution in [2.75, 3.05) is 11.1 Å². The van der Waals surface area contributed by atoms with Gasteiger partial charge in [0, 0.05) is 23.3 Å². The van der Waals surface area contributed by atoms with Crippen LogP contribution in [0.25, 0.3) is 0 Å². The monoisotopic (exact) mass is 241 g/mol. The number of carbonyl (C=O) groups is 1. The van der Waals surface area contributed by atoms with Gasteiger partial charge in [0.05, 0.1) is 6.42 Å². The highest BCUT2D eigenvalue weighted by molar-refractivity contribution is 5.92. The first-order valence-corrected chi connectivity index (χ1v) is 5.70. The van der Waals surface area contributed by atoms with Gasteiger partial charge in [0.25, 0.3) is 0 Å². The molecule has 2 aromatic rings. The summed E-state index contributed by atoms with van der Waals surface area (Å²) < 4.78 is 0. The van der Waals surface area contributed by atoms with Crippen LogP contribution in [0.15, 0.2) is 42.6 Å². The van der Waals surface area contributed by atoms with Gasteiger partial charge in [0.2, 0.25) is 5.91 Å².